The van der Waals surface area contributed by atoms with Crippen LogP contribution in [0.15, 0.2) is 35.5 Å². The minimum Gasteiger partial charge on any atom is -0.327 e. The van der Waals surface area contributed by atoms with Crippen molar-refractivity contribution in [1.29, 1.82) is 0 Å². The third-order valence-corrected chi connectivity index (χ3v) is 6.77. The Morgan fingerprint density at radius 3 is 2.59 bits per heavy atom. The molecule has 2 fully saturated rings. The van der Waals surface area contributed by atoms with Crippen molar-refractivity contribution in [3.63, 3.8) is 0 Å². The Bertz CT molecular complexity index is 1090. The van der Waals surface area contributed by atoms with E-state index in [1.807, 2.05) is 11.5 Å². The molecule has 1 aromatic carbocycles. The first-order valence-corrected chi connectivity index (χ1v) is 10.3. The van der Waals surface area contributed by atoms with Crippen LogP contribution in [0.5, 0.6) is 0 Å². The van der Waals surface area contributed by atoms with E-state index in [4.69, 9.17) is 0 Å². The summed E-state index contributed by atoms with van der Waals surface area (Å²) in [6.45, 7) is 1.95. The highest BCUT2D eigenvalue weighted by molar-refractivity contribution is 9.10. The van der Waals surface area contributed by atoms with E-state index in [9.17, 15) is 13.6 Å². The predicted octanol–water partition coefficient (Wildman–Crippen LogP) is 4.34. The van der Waals surface area contributed by atoms with Crippen LogP contribution in [-0.2, 0) is 4.79 Å². The SMILES string of the molecule is CC(C(=O)Nc1cnc(Br)cn1)[C@H]1[C@@H]2C[C@@H](n3cnc4cc(F)c(F)cc43)C[C@@H]21. The Labute approximate surface area is 173 Å². The van der Waals surface area contributed by atoms with Gasteiger partial charge in [0.1, 0.15) is 4.60 Å². The minimum atomic E-state index is -0.882. The molecule has 3 aromatic rings. The van der Waals surface area contributed by atoms with Crippen LogP contribution in [0, 0.1) is 35.3 Å². The second-order valence-corrected chi connectivity index (χ2v) is 8.75. The maximum absolute atomic E-state index is 13.7. The first-order chi connectivity index (χ1) is 13.9. The highest BCUT2D eigenvalue weighted by Gasteiger charge is 2.59. The van der Waals surface area contributed by atoms with Gasteiger partial charge in [0.2, 0.25) is 5.91 Å². The lowest BCUT2D eigenvalue weighted by Gasteiger charge is -2.19. The summed E-state index contributed by atoms with van der Waals surface area (Å²) in [4.78, 5) is 25.0. The van der Waals surface area contributed by atoms with Crippen molar-refractivity contribution in [2.75, 3.05) is 5.32 Å². The van der Waals surface area contributed by atoms with E-state index < -0.39 is 11.6 Å². The molecule has 1 amide bonds. The lowest BCUT2D eigenvalue weighted by atomic mass is 9.96. The number of anilines is 1. The number of carbonyl (C=O) groups is 1. The zero-order valence-electron chi connectivity index (χ0n) is 15.5. The van der Waals surface area contributed by atoms with Gasteiger partial charge in [0.15, 0.2) is 17.5 Å². The third kappa shape index (κ3) is 3.21. The molecule has 0 saturated heterocycles. The number of nitrogens with one attached hydrogen (secondary N) is 1. The summed E-state index contributed by atoms with van der Waals surface area (Å²) in [6.07, 6.45) is 6.55. The summed E-state index contributed by atoms with van der Waals surface area (Å²) in [5.41, 5.74) is 1.08. The van der Waals surface area contributed by atoms with Gasteiger partial charge in [-0.1, -0.05) is 6.92 Å². The molecule has 1 unspecified atom stereocenters. The molecule has 0 bridgehead atoms. The molecule has 2 saturated carbocycles. The Hall–Kier alpha value is -2.42. The minimum absolute atomic E-state index is 0.0526. The molecule has 2 aliphatic carbocycles. The van der Waals surface area contributed by atoms with Crippen LogP contribution in [0.3, 0.4) is 0 Å². The van der Waals surface area contributed by atoms with Gasteiger partial charge in [0.05, 0.1) is 29.8 Å². The average Bonchev–Trinajstić information content (AvgIpc) is 3.02. The zero-order valence-corrected chi connectivity index (χ0v) is 17.1. The van der Waals surface area contributed by atoms with Crippen LogP contribution >= 0.6 is 15.9 Å². The van der Waals surface area contributed by atoms with Crippen molar-refractivity contribution in [2.24, 2.45) is 23.7 Å². The van der Waals surface area contributed by atoms with Gasteiger partial charge in [-0.25, -0.2) is 23.7 Å². The van der Waals surface area contributed by atoms with Gasteiger partial charge in [-0.15, -0.1) is 0 Å². The smallest absolute Gasteiger partial charge is 0.228 e. The van der Waals surface area contributed by atoms with Crippen molar-refractivity contribution in [2.45, 2.75) is 25.8 Å². The molecule has 0 spiro atoms. The molecule has 6 nitrogen and oxygen atoms in total. The number of imidazole rings is 1. The molecule has 5 atom stereocenters. The quantitative estimate of drug-likeness (QED) is 0.627. The van der Waals surface area contributed by atoms with Crippen LogP contribution in [0.4, 0.5) is 14.6 Å². The fraction of sp³-hybridized carbons (Fsp3) is 0.400. The van der Waals surface area contributed by atoms with Crippen LogP contribution in [0.1, 0.15) is 25.8 Å². The van der Waals surface area contributed by atoms with Gasteiger partial charge in [-0.3, -0.25) is 4.79 Å². The number of nitrogens with zero attached hydrogens (tertiary/aromatic N) is 4. The number of rotatable bonds is 4. The summed E-state index contributed by atoms with van der Waals surface area (Å²) < 4.78 is 29.6. The molecule has 150 valence electrons. The molecule has 2 aromatic heterocycles. The highest BCUT2D eigenvalue weighted by Crippen LogP contribution is 2.64. The summed E-state index contributed by atoms with van der Waals surface area (Å²) in [5.74, 6) is -0.231. The van der Waals surface area contributed by atoms with E-state index in [2.05, 4.69) is 36.2 Å². The number of carbonyl (C=O) groups excluding carboxylic acids is 1. The van der Waals surface area contributed by atoms with Gasteiger partial charge in [-0.2, -0.15) is 0 Å². The van der Waals surface area contributed by atoms with Gasteiger partial charge in [0, 0.05) is 24.1 Å². The van der Waals surface area contributed by atoms with E-state index >= 15 is 0 Å². The Balaban J connectivity index is 1.25. The highest BCUT2D eigenvalue weighted by atomic mass is 79.9. The number of benzene rings is 1. The molecular formula is C20H18BrF2N5O. The topological polar surface area (TPSA) is 72.7 Å². The number of fused-ring (bicyclic) bond motifs is 2. The van der Waals surface area contributed by atoms with E-state index in [1.54, 1.807) is 12.5 Å². The van der Waals surface area contributed by atoms with E-state index in [1.165, 1.54) is 12.3 Å². The molecule has 2 heterocycles. The molecule has 5 rings (SSSR count). The van der Waals surface area contributed by atoms with Crippen LogP contribution < -0.4 is 5.32 Å². The number of hydrogen-bond acceptors (Lipinski definition) is 4. The van der Waals surface area contributed by atoms with Crippen molar-refractivity contribution in [3.8, 4) is 0 Å². The van der Waals surface area contributed by atoms with Gasteiger partial charge >= 0.3 is 0 Å². The Kier molecular flexibility index (Phi) is 4.38. The van der Waals surface area contributed by atoms with Crippen LogP contribution in [0.2, 0.25) is 0 Å². The lowest BCUT2D eigenvalue weighted by molar-refractivity contribution is -0.120. The normalized spacial score (nSPS) is 26.3. The molecule has 1 N–H and O–H groups in total. The number of aromatic nitrogens is 4. The Morgan fingerprint density at radius 2 is 1.90 bits per heavy atom. The average molecular weight is 462 g/mol. The Morgan fingerprint density at radius 1 is 1.17 bits per heavy atom. The second kappa shape index (κ2) is 6.83. The van der Waals surface area contributed by atoms with Crippen molar-refractivity contribution >= 4 is 38.7 Å². The van der Waals surface area contributed by atoms with Crippen molar-refractivity contribution < 1.29 is 13.6 Å². The van der Waals surface area contributed by atoms with E-state index in [0.717, 1.165) is 18.9 Å². The first kappa shape index (κ1) is 18.6. The monoisotopic (exact) mass is 461 g/mol. The maximum Gasteiger partial charge on any atom is 0.228 e. The first-order valence-electron chi connectivity index (χ1n) is 9.52. The van der Waals surface area contributed by atoms with Crippen LogP contribution in [-0.4, -0.2) is 25.4 Å². The number of hydrogen-bond donors (Lipinski definition) is 1. The lowest BCUT2D eigenvalue weighted by Crippen LogP contribution is -2.24. The zero-order chi connectivity index (χ0) is 20.3. The van der Waals surface area contributed by atoms with Crippen LogP contribution in [0.25, 0.3) is 11.0 Å². The second-order valence-electron chi connectivity index (χ2n) is 7.94. The van der Waals surface area contributed by atoms with Crippen molar-refractivity contribution in [3.05, 3.63) is 47.1 Å². The number of halogens is 3. The fourth-order valence-corrected chi connectivity index (χ4v) is 5.14. The fourth-order valence-electron chi connectivity index (χ4n) is 4.94. The molecule has 29 heavy (non-hydrogen) atoms. The van der Waals surface area contributed by atoms with Gasteiger partial charge < -0.3 is 9.88 Å². The molecular weight excluding hydrogens is 444 g/mol. The largest absolute Gasteiger partial charge is 0.327 e. The maximum atomic E-state index is 13.7. The van der Waals surface area contributed by atoms with E-state index in [-0.39, 0.29) is 17.9 Å². The summed E-state index contributed by atoms with van der Waals surface area (Å²) in [5, 5.41) is 2.83. The van der Waals surface area contributed by atoms with Gasteiger partial charge in [0.25, 0.3) is 0 Å². The van der Waals surface area contributed by atoms with Crippen molar-refractivity contribution in [1.82, 2.24) is 19.5 Å². The summed E-state index contributed by atoms with van der Waals surface area (Å²) in [7, 11) is 0. The number of amides is 1. The predicted molar refractivity (Wildman–Crippen MR) is 106 cm³/mol. The van der Waals surface area contributed by atoms with E-state index in [0.29, 0.717) is 39.2 Å². The van der Waals surface area contributed by atoms with Gasteiger partial charge in [-0.05, 0) is 46.5 Å². The molecule has 0 radical (unpaired) electrons. The third-order valence-electron chi connectivity index (χ3n) is 6.36. The standard InChI is InChI=1S/C20H18BrF2N5O/c1-9(20(29)27-18-7-24-17(21)6-25-18)19-11-2-10(3-12(11)19)28-8-26-15-4-13(22)14(23)5-16(15)28/h4-12,19H,2-3H2,1H3,(H,25,27,29)/t9?,10-,11-,12+,19+. The summed E-state index contributed by atoms with van der Waals surface area (Å²) >= 11 is 3.22. The molecule has 0 aliphatic heterocycles. The molecule has 2 aliphatic rings. The summed E-state index contributed by atoms with van der Waals surface area (Å²) in [6, 6.07) is 2.55. The molecule has 9 heteroatoms.